The van der Waals surface area contributed by atoms with Gasteiger partial charge in [0.2, 0.25) is 0 Å². The smallest absolute Gasteiger partial charge is 0.449 e. The summed E-state index contributed by atoms with van der Waals surface area (Å²) in [5, 5.41) is 13.6. The highest BCUT2D eigenvalue weighted by molar-refractivity contribution is 5.71. The molecule has 7 nitrogen and oxygen atoms in total. The van der Waals surface area contributed by atoms with Crippen LogP contribution in [0, 0.1) is 0 Å². The number of pyridine rings is 1. The van der Waals surface area contributed by atoms with Gasteiger partial charge in [-0.25, -0.2) is 14.5 Å². The maximum absolute atomic E-state index is 10.9. The van der Waals surface area contributed by atoms with Crippen LogP contribution in [-0.2, 0) is 13.0 Å². The van der Waals surface area contributed by atoms with Gasteiger partial charge < -0.3 is 9.84 Å². The zero-order valence-electron chi connectivity index (χ0n) is 17.0. The Morgan fingerprint density at radius 3 is 2.62 bits per heavy atom. The Balaban J connectivity index is 1.82. The molecular weight excluding hydrogens is 368 g/mol. The Kier molecular flexibility index (Phi) is 6.59. The summed E-state index contributed by atoms with van der Waals surface area (Å²) in [5.74, 6) is 2.39. The van der Waals surface area contributed by atoms with Gasteiger partial charge in [0.25, 0.3) is 0 Å². The molecule has 0 unspecified atom stereocenters. The number of aromatic nitrogens is 4. The normalized spacial score (nSPS) is 11.0. The summed E-state index contributed by atoms with van der Waals surface area (Å²) in [7, 11) is 0. The molecule has 3 aromatic rings. The van der Waals surface area contributed by atoms with Crippen molar-refractivity contribution in [2.45, 2.75) is 52.5 Å². The van der Waals surface area contributed by atoms with Gasteiger partial charge in [-0.05, 0) is 24.1 Å². The Morgan fingerprint density at radius 2 is 1.97 bits per heavy atom. The number of nitrogens with zero attached hydrogens (tertiary/aromatic N) is 4. The molecule has 1 aromatic carbocycles. The van der Waals surface area contributed by atoms with Crippen LogP contribution in [0.3, 0.4) is 0 Å². The Bertz CT molecular complexity index is 964. The summed E-state index contributed by atoms with van der Waals surface area (Å²) in [6, 6.07) is 11.1. The van der Waals surface area contributed by atoms with E-state index < -0.39 is 6.16 Å². The molecular formula is C22H26N4O3. The van der Waals surface area contributed by atoms with Gasteiger partial charge in [0.05, 0.1) is 6.54 Å². The summed E-state index contributed by atoms with van der Waals surface area (Å²) in [6.07, 6.45) is 3.37. The maximum Gasteiger partial charge on any atom is 0.511 e. The van der Waals surface area contributed by atoms with Crippen molar-refractivity contribution in [1.82, 2.24) is 19.7 Å². The third-order valence-corrected chi connectivity index (χ3v) is 4.56. The number of carbonyl (C=O) groups is 1. The molecule has 152 valence electrons. The standard InChI is InChI=1S/C22H26N4O3/c1-4-5-8-19-24-21(15(2)3)25-26(19)14-16-9-11-17(12-10-16)20-18(29-22(27)28)7-6-13-23-20/h6-7,9-13,15H,4-5,8,14H2,1-3H3,(H,27,28). The van der Waals surface area contributed by atoms with Crippen LogP contribution >= 0.6 is 0 Å². The van der Waals surface area contributed by atoms with Crippen LogP contribution in [0.2, 0.25) is 0 Å². The minimum absolute atomic E-state index is 0.215. The first-order valence-corrected chi connectivity index (χ1v) is 9.86. The van der Waals surface area contributed by atoms with Crippen molar-refractivity contribution in [3.05, 3.63) is 59.8 Å². The van der Waals surface area contributed by atoms with Crippen molar-refractivity contribution in [3.8, 4) is 17.0 Å². The summed E-state index contributed by atoms with van der Waals surface area (Å²) < 4.78 is 6.82. The number of hydrogen-bond donors (Lipinski definition) is 1. The molecule has 1 N–H and O–H groups in total. The quantitative estimate of drug-likeness (QED) is 0.546. The van der Waals surface area contributed by atoms with Crippen molar-refractivity contribution in [2.24, 2.45) is 0 Å². The van der Waals surface area contributed by atoms with Gasteiger partial charge in [-0.15, -0.1) is 0 Å². The Hall–Kier alpha value is -3.22. The van der Waals surface area contributed by atoms with Gasteiger partial charge in [0.1, 0.15) is 11.5 Å². The number of rotatable bonds is 8. The molecule has 0 bridgehead atoms. The fourth-order valence-electron chi connectivity index (χ4n) is 3.01. The minimum Gasteiger partial charge on any atom is -0.449 e. The second kappa shape index (κ2) is 9.32. The maximum atomic E-state index is 10.9. The van der Waals surface area contributed by atoms with E-state index in [9.17, 15) is 4.79 Å². The van der Waals surface area contributed by atoms with E-state index in [0.717, 1.165) is 42.0 Å². The first kappa shape index (κ1) is 20.5. The fraction of sp³-hybridized carbons (Fsp3) is 0.364. The second-order valence-corrected chi connectivity index (χ2v) is 7.22. The highest BCUT2D eigenvalue weighted by Gasteiger charge is 2.14. The zero-order valence-corrected chi connectivity index (χ0v) is 17.0. The van der Waals surface area contributed by atoms with Crippen LogP contribution in [0.5, 0.6) is 5.75 Å². The monoisotopic (exact) mass is 394 g/mol. The van der Waals surface area contributed by atoms with Crippen molar-refractivity contribution in [2.75, 3.05) is 0 Å². The Morgan fingerprint density at radius 1 is 1.21 bits per heavy atom. The first-order chi connectivity index (χ1) is 14.0. The van der Waals surface area contributed by atoms with Crippen molar-refractivity contribution < 1.29 is 14.6 Å². The molecule has 0 aliphatic carbocycles. The predicted molar refractivity (Wildman–Crippen MR) is 110 cm³/mol. The lowest BCUT2D eigenvalue weighted by molar-refractivity contribution is 0.144. The lowest BCUT2D eigenvalue weighted by atomic mass is 10.1. The van der Waals surface area contributed by atoms with E-state index in [-0.39, 0.29) is 11.7 Å². The largest absolute Gasteiger partial charge is 0.511 e. The van der Waals surface area contributed by atoms with E-state index in [4.69, 9.17) is 19.9 Å². The summed E-state index contributed by atoms with van der Waals surface area (Å²) in [5.41, 5.74) is 2.37. The summed E-state index contributed by atoms with van der Waals surface area (Å²) >= 11 is 0. The van der Waals surface area contributed by atoms with E-state index in [1.807, 2.05) is 28.9 Å². The van der Waals surface area contributed by atoms with Gasteiger partial charge in [-0.3, -0.25) is 4.98 Å². The highest BCUT2D eigenvalue weighted by atomic mass is 16.7. The molecule has 0 aliphatic rings. The SMILES string of the molecule is CCCCc1nc(C(C)C)nn1Cc1ccc(-c2ncccc2OC(=O)O)cc1. The molecule has 0 spiro atoms. The lowest BCUT2D eigenvalue weighted by Crippen LogP contribution is -2.07. The van der Waals surface area contributed by atoms with E-state index in [1.165, 1.54) is 0 Å². The number of ether oxygens (including phenoxy) is 1. The van der Waals surface area contributed by atoms with Gasteiger partial charge >= 0.3 is 6.16 Å². The Labute approximate surface area is 170 Å². The third kappa shape index (κ3) is 5.19. The van der Waals surface area contributed by atoms with Crippen LogP contribution in [0.1, 0.15) is 56.7 Å². The van der Waals surface area contributed by atoms with E-state index >= 15 is 0 Å². The average molecular weight is 394 g/mol. The van der Waals surface area contributed by atoms with Gasteiger partial charge in [0.15, 0.2) is 11.6 Å². The molecule has 0 radical (unpaired) electrons. The average Bonchev–Trinajstić information content (AvgIpc) is 3.10. The molecule has 2 heterocycles. The number of hydrogen-bond acceptors (Lipinski definition) is 5. The second-order valence-electron chi connectivity index (χ2n) is 7.22. The molecule has 0 fully saturated rings. The van der Waals surface area contributed by atoms with Crippen molar-refractivity contribution in [1.29, 1.82) is 0 Å². The fourth-order valence-corrected chi connectivity index (χ4v) is 3.01. The van der Waals surface area contributed by atoms with E-state index in [1.54, 1.807) is 18.3 Å². The molecule has 2 aromatic heterocycles. The predicted octanol–water partition coefficient (Wildman–Crippen LogP) is 4.91. The van der Waals surface area contributed by atoms with Crippen molar-refractivity contribution in [3.63, 3.8) is 0 Å². The van der Waals surface area contributed by atoms with Crippen LogP contribution in [-0.4, -0.2) is 31.0 Å². The zero-order chi connectivity index (χ0) is 20.8. The lowest BCUT2D eigenvalue weighted by Gasteiger charge is -2.09. The van der Waals surface area contributed by atoms with E-state index in [0.29, 0.717) is 12.2 Å². The molecule has 3 rings (SSSR count). The molecule has 0 atom stereocenters. The molecule has 0 saturated carbocycles. The number of unbranched alkanes of at least 4 members (excludes halogenated alkanes) is 1. The molecule has 0 saturated heterocycles. The van der Waals surface area contributed by atoms with Crippen LogP contribution in [0.15, 0.2) is 42.6 Å². The topological polar surface area (TPSA) is 90.1 Å². The van der Waals surface area contributed by atoms with Gasteiger partial charge in [-0.2, -0.15) is 5.10 Å². The minimum atomic E-state index is -1.36. The number of carboxylic acid groups (broad SMARTS) is 1. The van der Waals surface area contributed by atoms with Crippen LogP contribution in [0.4, 0.5) is 4.79 Å². The van der Waals surface area contributed by atoms with Crippen molar-refractivity contribution >= 4 is 6.16 Å². The van der Waals surface area contributed by atoms with Gasteiger partial charge in [0, 0.05) is 24.1 Å². The van der Waals surface area contributed by atoms with E-state index in [2.05, 4.69) is 25.8 Å². The number of aryl methyl sites for hydroxylation is 1. The van der Waals surface area contributed by atoms with Crippen LogP contribution in [0.25, 0.3) is 11.3 Å². The van der Waals surface area contributed by atoms with Gasteiger partial charge in [-0.1, -0.05) is 51.5 Å². The first-order valence-electron chi connectivity index (χ1n) is 9.86. The van der Waals surface area contributed by atoms with Crippen LogP contribution < -0.4 is 4.74 Å². The molecule has 7 heteroatoms. The summed E-state index contributed by atoms with van der Waals surface area (Å²) in [6.45, 7) is 7.01. The molecule has 0 amide bonds. The highest BCUT2D eigenvalue weighted by Crippen LogP contribution is 2.28. The third-order valence-electron chi connectivity index (χ3n) is 4.56. The molecule has 29 heavy (non-hydrogen) atoms. The number of benzene rings is 1. The summed E-state index contributed by atoms with van der Waals surface area (Å²) in [4.78, 5) is 19.9. The molecule has 0 aliphatic heterocycles.